The van der Waals surface area contributed by atoms with Crippen molar-refractivity contribution < 1.29 is 4.79 Å². The highest BCUT2D eigenvalue weighted by atomic mass is 16.2. The summed E-state index contributed by atoms with van der Waals surface area (Å²) >= 11 is 0. The zero-order chi connectivity index (χ0) is 25.0. The molecule has 1 amide bonds. The number of anilines is 2. The minimum absolute atomic E-state index is 0.232. The second-order valence-electron chi connectivity index (χ2n) is 10.00. The van der Waals surface area contributed by atoms with Crippen LogP contribution in [0.15, 0.2) is 18.5 Å². The van der Waals surface area contributed by atoms with Crippen LogP contribution in [0.4, 0.5) is 11.6 Å². The lowest BCUT2D eigenvalue weighted by molar-refractivity contribution is -0.131. The summed E-state index contributed by atoms with van der Waals surface area (Å²) in [4.78, 5) is 25.1. The van der Waals surface area contributed by atoms with Gasteiger partial charge in [-0.1, -0.05) is 0 Å². The third-order valence-corrected chi connectivity index (χ3v) is 7.27. The summed E-state index contributed by atoms with van der Waals surface area (Å²) in [7, 11) is 1.98. The second kappa shape index (κ2) is 8.66. The maximum atomic E-state index is 13.4. The van der Waals surface area contributed by atoms with Crippen LogP contribution < -0.4 is 5.32 Å². The lowest BCUT2D eigenvalue weighted by Gasteiger charge is -2.22. The molecule has 0 aliphatic heterocycles. The van der Waals surface area contributed by atoms with Crippen LogP contribution in [0.2, 0.25) is 0 Å². The minimum Gasteiger partial charge on any atom is -0.336 e. The number of aromatic nitrogens is 6. The molecule has 0 atom stereocenters. The summed E-state index contributed by atoms with van der Waals surface area (Å²) in [6.45, 7) is 5.33. The van der Waals surface area contributed by atoms with E-state index in [4.69, 9.17) is 10.2 Å². The molecular formula is C26H31N9O. The van der Waals surface area contributed by atoms with Crippen molar-refractivity contribution in [3.63, 3.8) is 0 Å². The van der Waals surface area contributed by atoms with Gasteiger partial charge in [0.25, 0.3) is 0 Å². The number of carbonyl (C=O) groups is 1. The zero-order valence-corrected chi connectivity index (χ0v) is 21.0. The van der Waals surface area contributed by atoms with E-state index in [-0.39, 0.29) is 5.91 Å². The Labute approximate surface area is 209 Å². The molecule has 0 unspecified atom stereocenters. The number of carbonyl (C=O) groups excluding carboxylic acids is 1. The Morgan fingerprint density at radius 3 is 2.67 bits per heavy atom. The third kappa shape index (κ3) is 3.88. The highest BCUT2D eigenvalue weighted by molar-refractivity contribution is 6.07. The maximum absolute atomic E-state index is 13.4. The average molecular weight is 486 g/mol. The number of hydrogen-bond donors (Lipinski definition) is 1. The third-order valence-electron chi connectivity index (χ3n) is 7.27. The largest absolute Gasteiger partial charge is 0.336 e. The Kier molecular flexibility index (Phi) is 5.43. The van der Waals surface area contributed by atoms with Crippen molar-refractivity contribution in [3.8, 4) is 6.07 Å². The highest BCUT2D eigenvalue weighted by Crippen LogP contribution is 2.38. The SMILES string of the molecule is CCn1c(CC(=O)N(C2CC2)C2CC2)cc2c3c(ncn3C)c(Nc3cc(C)n(CCC#N)n3)nc21. The summed E-state index contributed by atoms with van der Waals surface area (Å²) in [5, 5.41) is 17.9. The van der Waals surface area contributed by atoms with E-state index < -0.39 is 0 Å². The van der Waals surface area contributed by atoms with Crippen LogP contribution in [0.5, 0.6) is 0 Å². The van der Waals surface area contributed by atoms with Crippen molar-refractivity contribution in [1.82, 2.24) is 33.8 Å². The summed E-state index contributed by atoms with van der Waals surface area (Å²) in [5.41, 5.74) is 4.54. The van der Waals surface area contributed by atoms with Crippen molar-refractivity contribution in [3.05, 3.63) is 29.8 Å². The minimum atomic E-state index is 0.232. The van der Waals surface area contributed by atoms with Gasteiger partial charge in [-0.15, -0.1) is 0 Å². The molecule has 4 heterocycles. The van der Waals surface area contributed by atoms with Gasteiger partial charge in [0.15, 0.2) is 11.6 Å². The van der Waals surface area contributed by atoms with Gasteiger partial charge in [0, 0.05) is 48.5 Å². The molecule has 0 radical (unpaired) electrons. The van der Waals surface area contributed by atoms with Crippen molar-refractivity contribution >= 4 is 39.6 Å². The molecule has 0 bridgehead atoms. The number of nitrogens with one attached hydrogen (secondary N) is 1. The molecule has 2 saturated carbocycles. The highest BCUT2D eigenvalue weighted by Gasteiger charge is 2.42. The molecule has 2 fully saturated rings. The van der Waals surface area contributed by atoms with E-state index in [2.05, 4.69) is 43.9 Å². The number of aryl methyl sites for hydroxylation is 4. The normalized spacial score (nSPS) is 15.5. The summed E-state index contributed by atoms with van der Waals surface area (Å²) in [5.74, 6) is 1.53. The molecule has 10 nitrogen and oxygen atoms in total. The van der Waals surface area contributed by atoms with Crippen LogP contribution in [-0.2, 0) is 31.4 Å². The van der Waals surface area contributed by atoms with Crippen LogP contribution in [0, 0.1) is 18.3 Å². The standard InChI is InChI=1S/C26H31N9O/c1-4-33-19(14-22(36)35(17-6-7-17)18-8-9-18)13-20-24-23(28-15-32(24)3)25(30-26(20)33)29-21-12-16(2)34(31-21)11-5-10-27/h12-13,15,17-18H,4-9,11,14H2,1-3H3,(H,29,30,31). The molecule has 2 aliphatic carbocycles. The van der Waals surface area contributed by atoms with Crippen LogP contribution in [-0.4, -0.2) is 51.8 Å². The first-order valence-electron chi connectivity index (χ1n) is 12.8. The number of nitriles is 1. The molecule has 36 heavy (non-hydrogen) atoms. The van der Waals surface area contributed by atoms with Gasteiger partial charge in [-0.05, 0) is 45.6 Å². The fraction of sp³-hybridized carbons (Fsp3) is 0.500. The number of rotatable bonds is 9. The van der Waals surface area contributed by atoms with Gasteiger partial charge < -0.3 is 19.4 Å². The van der Waals surface area contributed by atoms with Gasteiger partial charge in [-0.2, -0.15) is 10.4 Å². The molecule has 4 aromatic heterocycles. The Hall–Kier alpha value is -3.87. The first-order valence-corrected chi connectivity index (χ1v) is 12.8. The molecule has 2 aliphatic rings. The van der Waals surface area contributed by atoms with Crippen LogP contribution in [0.25, 0.3) is 22.1 Å². The monoisotopic (exact) mass is 485 g/mol. The molecule has 186 valence electrons. The number of amides is 1. The average Bonchev–Trinajstić information content (AvgIpc) is 3.77. The summed E-state index contributed by atoms with van der Waals surface area (Å²) in [6, 6.07) is 7.12. The fourth-order valence-corrected chi connectivity index (χ4v) is 5.28. The van der Waals surface area contributed by atoms with E-state index in [1.54, 1.807) is 6.33 Å². The lowest BCUT2D eigenvalue weighted by atomic mass is 10.2. The molecule has 0 aromatic carbocycles. The second-order valence-corrected chi connectivity index (χ2v) is 10.00. The summed E-state index contributed by atoms with van der Waals surface area (Å²) < 4.78 is 5.98. The fourth-order valence-electron chi connectivity index (χ4n) is 5.28. The predicted octanol–water partition coefficient (Wildman–Crippen LogP) is 3.80. The van der Waals surface area contributed by atoms with Crippen LogP contribution in [0.3, 0.4) is 0 Å². The van der Waals surface area contributed by atoms with Crippen LogP contribution in [0.1, 0.15) is 50.4 Å². The van der Waals surface area contributed by atoms with Crippen molar-refractivity contribution in [2.24, 2.45) is 7.05 Å². The van der Waals surface area contributed by atoms with Gasteiger partial charge in [0.2, 0.25) is 5.91 Å². The van der Waals surface area contributed by atoms with E-state index >= 15 is 0 Å². The molecule has 10 heteroatoms. The number of imidazole rings is 1. The molecule has 4 aromatic rings. The number of fused-ring (bicyclic) bond motifs is 3. The van der Waals surface area contributed by atoms with Gasteiger partial charge in [-0.3, -0.25) is 9.48 Å². The molecule has 0 spiro atoms. The van der Waals surface area contributed by atoms with Crippen molar-refractivity contribution in [1.29, 1.82) is 5.26 Å². The maximum Gasteiger partial charge on any atom is 0.229 e. The van der Waals surface area contributed by atoms with E-state index in [1.807, 2.05) is 29.3 Å². The van der Waals surface area contributed by atoms with E-state index in [9.17, 15) is 4.79 Å². The van der Waals surface area contributed by atoms with E-state index in [1.165, 1.54) is 0 Å². The predicted molar refractivity (Wildman–Crippen MR) is 137 cm³/mol. The van der Waals surface area contributed by atoms with E-state index in [0.29, 0.717) is 43.1 Å². The van der Waals surface area contributed by atoms with Crippen LogP contribution >= 0.6 is 0 Å². The first-order chi connectivity index (χ1) is 17.5. The number of hydrogen-bond acceptors (Lipinski definition) is 6. The summed E-state index contributed by atoms with van der Waals surface area (Å²) in [6.07, 6.45) is 7.13. The quantitative estimate of drug-likeness (QED) is 0.386. The lowest BCUT2D eigenvalue weighted by Crippen LogP contribution is -2.36. The molecule has 1 N–H and O–H groups in total. The molecule has 6 rings (SSSR count). The van der Waals surface area contributed by atoms with Crippen molar-refractivity contribution in [2.75, 3.05) is 5.32 Å². The Bertz CT molecular complexity index is 1500. The van der Waals surface area contributed by atoms with E-state index in [0.717, 1.165) is 65.7 Å². The van der Waals surface area contributed by atoms with Gasteiger partial charge in [-0.25, -0.2) is 9.97 Å². The Morgan fingerprint density at radius 1 is 1.25 bits per heavy atom. The molecule has 0 saturated heterocycles. The topological polar surface area (TPSA) is 110 Å². The zero-order valence-electron chi connectivity index (χ0n) is 21.0. The van der Waals surface area contributed by atoms with Crippen molar-refractivity contribution in [2.45, 2.75) is 77.5 Å². The Balaban J connectivity index is 1.39. The number of pyridine rings is 1. The Morgan fingerprint density at radius 2 is 2.00 bits per heavy atom. The van der Waals surface area contributed by atoms with Gasteiger partial charge >= 0.3 is 0 Å². The number of nitrogens with zero attached hydrogens (tertiary/aromatic N) is 8. The van der Waals surface area contributed by atoms with Gasteiger partial charge in [0.05, 0.1) is 37.3 Å². The first kappa shape index (κ1) is 22.6. The smallest absolute Gasteiger partial charge is 0.229 e. The van der Waals surface area contributed by atoms with Gasteiger partial charge in [0.1, 0.15) is 11.2 Å². The molecular weight excluding hydrogens is 454 g/mol.